The van der Waals surface area contributed by atoms with Crippen molar-refractivity contribution in [3.8, 4) is 0 Å². The highest BCUT2D eigenvalue weighted by molar-refractivity contribution is 5.81. The van der Waals surface area contributed by atoms with Crippen LogP contribution in [0.3, 0.4) is 0 Å². The summed E-state index contributed by atoms with van der Waals surface area (Å²) in [5.74, 6) is 4.39. The normalized spacial score (nSPS) is 53.7. The molecule has 5 aliphatic carbocycles. The number of fused-ring (bicyclic) bond motifs is 4. The maximum Gasteiger partial charge on any atom is 0.330 e. The van der Waals surface area contributed by atoms with Gasteiger partial charge < -0.3 is 9.47 Å². The van der Waals surface area contributed by atoms with E-state index in [1.165, 1.54) is 58.5 Å². The second-order valence-electron chi connectivity index (χ2n) is 11.7. The van der Waals surface area contributed by atoms with E-state index in [4.69, 9.17) is 9.47 Å². The summed E-state index contributed by atoms with van der Waals surface area (Å²) in [6, 6.07) is 0. The van der Waals surface area contributed by atoms with Crippen LogP contribution in [0, 0.1) is 51.8 Å². The molecule has 0 aliphatic heterocycles. The van der Waals surface area contributed by atoms with Crippen LogP contribution in [0.4, 0.5) is 0 Å². The summed E-state index contributed by atoms with van der Waals surface area (Å²) >= 11 is 0. The molecule has 3 heteroatoms. The van der Waals surface area contributed by atoms with Crippen molar-refractivity contribution in [2.75, 3.05) is 14.2 Å². The van der Waals surface area contributed by atoms with Crippen molar-refractivity contribution in [2.24, 2.45) is 51.8 Å². The van der Waals surface area contributed by atoms with E-state index in [0.29, 0.717) is 34.2 Å². The fourth-order valence-electron chi connectivity index (χ4n) is 9.92. The first-order valence-electron chi connectivity index (χ1n) is 12.1. The summed E-state index contributed by atoms with van der Waals surface area (Å²) in [4.78, 5) is 11.6. The zero-order valence-electron chi connectivity index (χ0n) is 19.1. The van der Waals surface area contributed by atoms with E-state index in [9.17, 15) is 4.79 Å². The van der Waals surface area contributed by atoms with Crippen molar-refractivity contribution in [1.82, 2.24) is 0 Å². The maximum atomic E-state index is 11.6. The largest absolute Gasteiger partial charge is 0.466 e. The smallest absolute Gasteiger partial charge is 0.330 e. The molecule has 0 aromatic heterocycles. The van der Waals surface area contributed by atoms with Crippen LogP contribution >= 0.6 is 0 Å². The van der Waals surface area contributed by atoms with Crippen molar-refractivity contribution in [3.05, 3.63) is 12.2 Å². The lowest BCUT2D eigenvalue weighted by Gasteiger charge is -2.61. The highest BCUT2D eigenvalue weighted by Crippen LogP contribution is 2.82. The zero-order valence-corrected chi connectivity index (χ0v) is 19.1. The van der Waals surface area contributed by atoms with Crippen LogP contribution in [-0.4, -0.2) is 26.3 Å². The third kappa shape index (κ3) is 2.49. The molecule has 10 unspecified atom stereocenters. The van der Waals surface area contributed by atoms with Gasteiger partial charge in [-0.3, -0.25) is 0 Å². The van der Waals surface area contributed by atoms with E-state index in [0.717, 1.165) is 23.7 Å². The van der Waals surface area contributed by atoms with Gasteiger partial charge in [0.15, 0.2) is 0 Å². The molecule has 0 amide bonds. The lowest BCUT2D eigenvalue weighted by molar-refractivity contribution is -0.160. The molecular weight excluding hydrogens is 360 g/mol. The van der Waals surface area contributed by atoms with Crippen LogP contribution in [0.2, 0.25) is 0 Å². The van der Waals surface area contributed by atoms with Crippen LogP contribution < -0.4 is 0 Å². The number of hydrogen-bond donors (Lipinski definition) is 0. The molecule has 0 bridgehead atoms. The molecule has 10 atom stereocenters. The van der Waals surface area contributed by atoms with Gasteiger partial charge in [0, 0.05) is 18.6 Å². The zero-order chi connectivity index (χ0) is 20.6. The van der Waals surface area contributed by atoms with Crippen molar-refractivity contribution >= 4 is 5.97 Å². The van der Waals surface area contributed by atoms with Crippen LogP contribution in [-0.2, 0) is 14.3 Å². The van der Waals surface area contributed by atoms with Gasteiger partial charge in [0.25, 0.3) is 0 Å². The Morgan fingerprint density at radius 2 is 1.86 bits per heavy atom. The number of esters is 1. The Bertz CT molecular complexity index is 715. The van der Waals surface area contributed by atoms with E-state index < -0.39 is 0 Å². The number of ether oxygens (including phenoxy) is 2. The van der Waals surface area contributed by atoms with Gasteiger partial charge in [-0.2, -0.15) is 0 Å². The molecule has 162 valence electrons. The molecule has 3 nitrogen and oxygen atoms in total. The van der Waals surface area contributed by atoms with Crippen molar-refractivity contribution in [3.63, 3.8) is 0 Å². The van der Waals surface area contributed by atoms with Crippen molar-refractivity contribution in [2.45, 2.75) is 78.2 Å². The number of rotatable bonds is 4. The Labute approximate surface area is 177 Å². The van der Waals surface area contributed by atoms with Gasteiger partial charge in [-0.15, -0.1) is 0 Å². The van der Waals surface area contributed by atoms with Gasteiger partial charge >= 0.3 is 5.97 Å². The number of carbonyl (C=O) groups excluding carboxylic acids is 1. The minimum atomic E-state index is -0.228. The Kier molecular flexibility index (Phi) is 4.56. The first kappa shape index (κ1) is 20.1. The quantitative estimate of drug-likeness (QED) is 0.453. The third-order valence-corrected chi connectivity index (χ3v) is 11.3. The predicted molar refractivity (Wildman–Crippen MR) is 114 cm³/mol. The molecule has 0 aromatic rings. The summed E-state index contributed by atoms with van der Waals surface area (Å²) < 4.78 is 11.0. The molecule has 5 fully saturated rings. The van der Waals surface area contributed by atoms with Crippen LogP contribution in [0.25, 0.3) is 0 Å². The van der Waals surface area contributed by atoms with Gasteiger partial charge in [-0.05, 0) is 97.7 Å². The number of methoxy groups -OCH3 is 2. The Morgan fingerprint density at radius 3 is 2.55 bits per heavy atom. The van der Waals surface area contributed by atoms with Crippen LogP contribution in [0.5, 0.6) is 0 Å². The van der Waals surface area contributed by atoms with Gasteiger partial charge in [0.2, 0.25) is 0 Å². The lowest BCUT2D eigenvalue weighted by Crippen LogP contribution is -2.57. The minimum absolute atomic E-state index is 0.228. The summed E-state index contributed by atoms with van der Waals surface area (Å²) in [6.07, 6.45) is 15.3. The van der Waals surface area contributed by atoms with Crippen LogP contribution in [0.15, 0.2) is 12.2 Å². The molecule has 5 aliphatic rings. The van der Waals surface area contributed by atoms with E-state index in [1.54, 1.807) is 6.08 Å². The first-order chi connectivity index (χ1) is 13.8. The van der Waals surface area contributed by atoms with E-state index in [2.05, 4.69) is 26.8 Å². The van der Waals surface area contributed by atoms with Gasteiger partial charge in [0.1, 0.15) is 0 Å². The summed E-state index contributed by atoms with van der Waals surface area (Å²) in [5, 5.41) is 0. The molecule has 5 saturated carbocycles. The molecule has 0 radical (unpaired) electrons. The molecule has 0 N–H and O–H groups in total. The summed E-state index contributed by atoms with van der Waals surface area (Å²) in [5.41, 5.74) is 1.43. The molecule has 0 heterocycles. The predicted octanol–water partition coefficient (Wildman–Crippen LogP) is 5.64. The molecule has 29 heavy (non-hydrogen) atoms. The van der Waals surface area contributed by atoms with Crippen LogP contribution in [0.1, 0.15) is 72.1 Å². The highest BCUT2D eigenvalue weighted by Gasteiger charge is 2.77. The Morgan fingerprint density at radius 1 is 1.07 bits per heavy atom. The third-order valence-electron chi connectivity index (χ3n) is 11.3. The second kappa shape index (κ2) is 6.58. The lowest BCUT2D eigenvalue weighted by atomic mass is 9.45. The maximum absolute atomic E-state index is 11.6. The summed E-state index contributed by atoms with van der Waals surface area (Å²) in [7, 11) is 3.44. The molecular formula is C26H40O3. The Hall–Kier alpha value is -0.830. The minimum Gasteiger partial charge on any atom is -0.466 e. The van der Waals surface area contributed by atoms with Crippen molar-refractivity contribution < 1.29 is 14.3 Å². The first-order valence-corrected chi connectivity index (χ1v) is 12.1. The van der Waals surface area contributed by atoms with E-state index in [-0.39, 0.29) is 5.97 Å². The van der Waals surface area contributed by atoms with Gasteiger partial charge in [-0.1, -0.05) is 26.8 Å². The Balaban J connectivity index is 1.41. The topological polar surface area (TPSA) is 35.5 Å². The fourth-order valence-corrected chi connectivity index (χ4v) is 9.92. The van der Waals surface area contributed by atoms with Crippen molar-refractivity contribution in [1.29, 1.82) is 0 Å². The average molecular weight is 401 g/mol. The van der Waals surface area contributed by atoms with E-state index in [1.807, 2.05) is 7.11 Å². The molecule has 0 saturated heterocycles. The average Bonchev–Trinajstić information content (AvgIpc) is 3.22. The number of allylic oxidation sites excluding steroid dienone is 1. The molecule has 5 rings (SSSR count). The monoisotopic (exact) mass is 400 g/mol. The molecule has 0 aromatic carbocycles. The SMILES string of the molecule is COC(=O)/C=C/C(C)C1CCC2C3CC(OC)C45CC4CCC5(C)C3CCC12C. The molecule has 1 spiro atoms. The van der Waals surface area contributed by atoms with Gasteiger partial charge in [0.05, 0.1) is 13.2 Å². The van der Waals surface area contributed by atoms with E-state index >= 15 is 0 Å². The second-order valence-corrected chi connectivity index (χ2v) is 11.7. The highest BCUT2D eigenvalue weighted by atomic mass is 16.5. The fraction of sp³-hybridized carbons (Fsp3) is 0.885. The summed E-state index contributed by atoms with van der Waals surface area (Å²) in [6.45, 7) is 7.54. The number of hydrogen-bond acceptors (Lipinski definition) is 3. The number of carbonyl (C=O) groups is 1. The standard InChI is InChI=1S/C26H40O3/c1-16(6-9-23(27)29-5)19-7-8-20-18-14-22(28-4)26-15-17(26)10-13-25(26,3)21(18)11-12-24(19,20)2/h6,9,16-22H,7-8,10-15H2,1-5H3/b9-6+. The van der Waals surface area contributed by atoms with Gasteiger partial charge in [-0.25, -0.2) is 4.79 Å².